The number of carbonyl (C=O) groups excluding carboxylic acids is 1. The lowest BCUT2D eigenvalue weighted by Crippen LogP contribution is -2.46. The fraction of sp³-hybridized carbons (Fsp3) is 0.333. The lowest BCUT2D eigenvalue weighted by atomic mass is 9.86. The van der Waals surface area contributed by atoms with E-state index in [1.165, 1.54) is 15.5 Å². The van der Waals surface area contributed by atoms with Crippen molar-refractivity contribution >= 4 is 41.7 Å². The molecule has 0 bridgehead atoms. The average Bonchev–Trinajstić information content (AvgIpc) is 3.75. The first-order chi connectivity index (χ1) is 23.0. The maximum atomic E-state index is 13.8. The standard InChI is InChI=1S/C30H27FN7O9P/c1-2-30(47-48(42,43)45-12-21-20(39)9-22(46-21)38-13-33-24-25(32)35-29(31)36-26(24)38)17-8-19-23-15(7-14-5-3-4-6-18(14)34-23)10-37(19)27(40)16(17)11-44-28(30)41/h3-8,13,20-22,39H,2,9-12H2,1H3,(H,42,43)(H2,32,35,36)/t20-,21+,22+,30-/m0/s1. The van der Waals surface area contributed by atoms with Gasteiger partial charge >= 0.3 is 19.9 Å². The number of nitrogens with two attached hydrogens (primary N) is 1. The number of aliphatic hydroxyl groups excluding tert-OH is 1. The summed E-state index contributed by atoms with van der Waals surface area (Å²) < 4.78 is 52.3. The number of hydrogen-bond donors (Lipinski definition) is 3. The normalized spacial score (nSPS) is 24.3. The fourth-order valence-corrected chi connectivity index (χ4v) is 7.70. The Hall–Kier alpha value is -4.64. The average molecular weight is 680 g/mol. The molecule has 5 atom stereocenters. The summed E-state index contributed by atoms with van der Waals surface area (Å²) in [4.78, 5) is 54.1. The Bertz CT molecular complexity index is 2280. The van der Waals surface area contributed by atoms with Crippen LogP contribution in [0.15, 0.2) is 47.5 Å². The Morgan fingerprint density at radius 3 is 2.83 bits per heavy atom. The van der Waals surface area contributed by atoms with Crippen molar-refractivity contribution in [3.05, 3.63) is 75.8 Å². The van der Waals surface area contributed by atoms with E-state index >= 15 is 0 Å². The number of hydrogen-bond acceptors (Lipinski definition) is 13. The predicted octanol–water partition coefficient (Wildman–Crippen LogP) is 2.43. The van der Waals surface area contributed by atoms with E-state index in [1.807, 2.05) is 30.3 Å². The van der Waals surface area contributed by atoms with E-state index in [2.05, 4.69) is 15.0 Å². The number of halogens is 1. The van der Waals surface area contributed by atoms with Crippen molar-refractivity contribution in [1.29, 1.82) is 0 Å². The van der Waals surface area contributed by atoms with Gasteiger partial charge in [-0.25, -0.2) is 19.3 Å². The Balaban J connectivity index is 1.07. The number of nitrogen functional groups attached to an aromatic ring is 1. The number of imidazole rings is 1. The molecule has 5 aromatic rings. The largest absolute Gasteiger partial charge is 0.473 e. The number of benzene rings is 1. The third-order valence-electron chi connectivity index (χ3n) is 8.99. The minimum atomic E-state index is -5.10. The molecule has 0 saturated carbocycles. The molecule has 18 heteroatoms. The number of ether oxygens (including phenoxy) is 2. The zero-order valence-electron chi connectivity index (χ0n) is 25.1. The van der Waals surface area contributed by atoms with Gasteiger partial charge in [0.2, 0.25) is 5.60 Å². The number of anilines is 1. The number of fused-ring (bicyclic) bond motifs is 6. The van der Waals surface area contributed by atoms with Gasteiger partial charge in [-0.2, -0.15) is 14.4 Å². The molecule has 0 aliphatic carbocycles. The second kappa shape index (κ2) is 10.9. The predicted molar refractivity (Wildman–Crippen MR) is 163 cm³/mol. The number of para-hydroxylation sites is 1. The molecule has 8 rings (SSSR count). The summed E-state index contributed by atoms with van der Waals surface area (Å²) in [5, 5.41) is 11.6. The molecule has 0 spiro atoms. The minimum absolute atomic E-state index is 0.0277. The van der Waals surface area contributed by atoms with E-state index in [1.54, 1.807) is 13.0 Å². The lowest BCUT2D eigenvalue weighted by molar-refractivity contribution is -0.171. The molecule has 1 unspecified atom stereocenters. The zero-order chi connectivity index (χ0) is 33.5. The van der Waals surface area contributed by atoms with Crippen LogP contribution in [0.5, 0.6) is 0 Å². The molecule has 4 N–H and O–H groups in total. The number of carbonyl (C=O) groups is 1. The highest BCUT2D eigenvalue weighted by molar-refractivity contribution is 7.47. The smallest absolute Gasteiger partial charge is 0.458 e. The number of esters is 1. The van der Waals surface area contributed by atoms with E-state index in [9.17, 15) is 28.5 Å². The van der Waals surface area contributed by atoms with Crippen molar-refractivity contribution < 1.29 is 42.3 Å². The van der Waals surface area contributed by atoms with Gasteiger partial charge in [-0.3, -0.25) is 18.4 Å². The van der Waals surface area contributed by atoms with Crippen LogP contribution < -0.4 is 11.3 Å². The molecule has 3 aliphatic rings. The first-order valence-corrected chi connectivity index (χ1v) is 16.5. The molecule has 4 aromatic heterocycles. The molecule has 3 aliphatic heterocycles. The third kappa shape index (κ3) is 4.73. The van der Waals surface area contributed by atoms with Crippen molar-refractivity contribution in [2.75, 3.05) is 12.3 Å². The van der Waals surface area contributed by atoms with Crippen LogP contribution in [0.1, 0.15) is 42.7 Å². The number of rotatable bonds is 7. The number of pyridine rings is 2. The number of aliphatic hydroxyl groups is 1. The maximum absolute atomic E-state index is 13.8. The SMILES string of the molecule is CC[C@@]1(OP(=O)(O)OC[C@H]2O[C@@H](n3cnc4c(N)nc(F)nc43)C[C@@H]2O)C(=O)OCc2c1cc1n(c2=O)Cc2cc3ccccc3nc2-1. The van der Waals surface area contributed by atoms with Crippen LogP contribution in [-0.4, -0.2) is 63.9 Å². The maximum Gasteiger partial charge on any atom is 0.473 e. The zero-order valence-corrected chi connectivity index (χ0v) is 26.0. The molecule has 0 radical (unpaired) electrons. The van der Waals surface area contributed by atoms with Gasteiger partial charge < -0.3 is 29.8 Å². The van der Waals surface area contributed by atoms with Crippen molar-refractivity contribution in [3.8, 4) is 11.4 Å². The Morgan fingerprint density at radius 1 is 1.21 bits per heavy atom. The number of cyclic esters (lactones) is 1. The van der Waals surface area contributed by atoms with E-state index in [-0.39, 0.29) is 54.1 Å². The summed E-state index contributed by atoms with van der Waals surface area (Å²) in [6.07, 6.45) is -3.24. The Labute approximate surface area is 269 Å². The van der Waals surface area contributed by atoms with Gasteiger partial charge in [-0.15, -0.1) is 0 Å². The number of phosphoric acid groups is 1. The molecule has 1 saturated heterocycles. The lowest BCUT2D eigenvalue weighted by Gasteiger charge is -2.36. The van der Waals surface area contributed by atoms with Gasteiger partial charge in [0.05, 0.1) is 48.1 Å². The second-order valence-electron chi connectivity index (χ2n) is 11.7. The monoisotopic (exact) mass is 679 g/mol. The van der Waals surface area contributed by atoms with Crippen LogP contribution in [-0.2, 0) is 46.6 Å². The van der Waals surface area contributed by atoms with Gasteiger partial charge in [0.25, 0.3) is 5.56 Å². The molecule has 1 fully saturated rings. The summed E-state index contributed by atoms with van der Waals surface area (Å²) in [7, 11) is -5.10. The van der Waals surface area contributed by atoms with Gasteiger partial charge in [-0.05, 0) is 24.6 Å². The van der Waals surface area contributed by atoms with Crippen molar-refractivity contribution in [2.24, 2.45) is 0 Å². The third-order valence-corrected chi connectivity index (χ3v) is 10.0. The van der Waals surface area contributed by atoms with E-state index < -0.39 is 56.1 Å². The Kier molecular flexibility index (Phi) is 7.00. The van der Waals surface area contributed by atoms with Crippen LogP contribution >= 0.6 is 7.82 Å². The van der Waals surface area contributed by atoms with Crippen molar-refractivity contribution in [2.45, 2.75) is 57.0 Å². The molecule has 16 nitrogen and oxygen atoms in total. The molecule has 48 heavy (non-hydrogen) atoms. The van der Waals surface area contributed by atoms with Crippen molar-refractivity contribution in [3.63, 3.8) is 0 Å². The molecule has 7 heterocycles. The molecular weight excluding hydrogens is 652 g/mol. The highest BCUT2D eigenvalue weighted by Crippen LogP contribution is 2.54. The first kappa shape index (κ1) is 30.7. The summed E-state index contributed by atoms with van der Waals surface area (Å²) in [5.41, 5.74) is 5.94. The van der Waals surface area contributed by atoms with Crippen LogP contribution in [0, 0.1) is 6.08 Å². The number of phosphoric ester groups is 1. The molecule has 0 amide bonds. The van der Waals surface area contributed by atoms with Gasteiger partial charge in [0.1, 0.15) is 18.9 Å². The minimum Gasteiger partial charge on any atom is -0.458 e. The van der Waals surface area contributed by atoms with Crippen LogP contribution in [0.3, 0.4) is 0 Å². The number of nitrogens with zero attached hydrogens (tertiary/aromatic N) is 6. The summed E-state index contributed by atoms with van der Waals surface area (Å²) in [6, 6.07) is 11.0. The number of aromatic nitrogens is 6. The second-order valence-corrected chi connectivity index (χ2v) is 13.1. The van der Waals surface area contributed by atoms with Gasteiger partial charge in [-0.1, -0.05) is 25.1 Å². The van der Waals surface area contributed by atoms with Crippen LogP contribution in [0.4, 0.5) is 10.2 Å². The fourth-order valence-electron chi connectivity index (χ4n) is 6.61. The van der Waals surface area contributed by atoms with Gasteiger partial charge in [0.15, 0.2) is 17.0 Å². The van der Waals surface area contributed by atoms with Gasteiger partial charge in [0, 0.05) is 22.9 Å². The van der Waals surface area contributed by atoms with Crippen LogP contribution in [0.25, 0.3) is 33.5 Å². The van der Waals surface area contributed by atoms with Crippen molar-refractivity contribution in [1.82, 2.24) is 29.1 Å². The molecule has 248 valence electrons. The summed E-state index contributed by atoms with van der Waals surface area (Å²) in [6.45, 7) is 0.805. The topological polar surface area (TPSA) is 216 Å². The van der Waals surface area contributed by atoms with E-state index in [4.69, 9.17) is 29.2 Å². The molecule has 1 aromatic carbocycles. The quantitative estimate of drug-likeness (QED) is 0.126. The summed E-state index contributed by atoms with van der Waals surface area (Å²) in [5.74, 6) is -1.15. The first-order valence-electron chi connectivity index (χ1n) is 15.0. The van der Waals surface area contributed by atoms with E-state index in [0.717, 1.165) is 10.9 Å². The molecular formula is C30H27FN7O9P. The Morgan fingerprint density at radius 2 is 2.02 bits per heavy atom. The highest BCUT2D eigenvalue weighted by Gasteiger charge is 2.53. The highest BCUT2D eigenvalue weighted by atomic mass is 31.2. The van der Waals surface area contributed by atoms with E-state index in [0.29, 0.717) is 16.9 Å². The van der Waals surface area contributed by atoms with Crippen LogP contribution in [0.2, 0.25) is 0 Å². The summed E-state index contributed by atoms with van der Waals surface area (Å²) >= 11 is 0.